The Labute approximate surface area is 201 Å². The second-order valence-electron chi connectivity index (χ2n) is 8.14. The van der Waals surface area contributed by atoms with E-state index in [1.165, 1.54) is 11.0 Å². The fourth-order valence-electron chi connectivity index (χ4n) is 4.28. The van der Waals surface area contributed by atoms with Gasteiger partial charge in [-0.05, 0) is 30.7 Å². The second-order valence-corrected chi connectivity index (χ2v) is 8.14. The predicted molar refractivity (Wildman–Crippen MR) is 127 cm³/mol. The third-order valence-corrected chi connectivity index (χ3v) is 5.78. The number of nitrogens with one attached hydrogen (secondary N) is 1. The molecule has 4 rings (SSSR count). The Hall–Kier alpha value is -4.02. The van der Waals surface area contributed by atoms with Gasteiger partial charge in [0, 0.05) is 50.8 Å². The van der Waals surface area contributed by atoms with Gasteiger partial charge in [0.05, 0.1) is 30.6 Å². The summed E-state index contributed by atoms with van der Waals surface area (Å²) in [5, 5.41) is 17.4. The number of amidine groups is 1. The van der Waals surface area contributed by atoms with E-state index in [1.54, 1.807) is 44.2 Å². The topological polar surface area (TPSA) is 105 Å². The van der Waals surface area contributed by atoms with Crippen molar-refractivity contribution in [1.29, 1.82) is 0 Å². The monoisotopic (exact) mass is 484 g/mol. The molecule has 35 heavy (non-hydrogen) atoms. The minimum absolute atomic E-state index is 0.0171. The van der Waals surface area contributed by atoms with Crippen molar-refractivity contribution < 1.29 is 23.4 Å². The number of anilines is 1. The maximum Gasteiger partial charge on any atom is 0.271 e. The number of amides is 1. The van der Waals surface area contributed by atoms with Crippen molar-refractivity contribution in [1.82, 2.24) is 20.1 Å². The van der Waals surface area contributed by atoms with Crippen LogP contribution in [-0.4, -0.2) is 52.3 Å². The average molecular weight is 485 g/mol. The minimum Gasteiger partial charge on any atom is -0.508 e. The van der Waals surface area contributed by atoms with Gasteiger partial charge in [-0.25, -0.2) is 8.78 Å². The number of rotatable bonds is 6. The van der Waals surface area contributed by atoms with E-state index in [4.69, 9.17) is 4.74 Å². The maximum absolute atomic E-state index is 14.3. The van der Waals surface area contributed by atoms with Crippen LogP contribution in [0.1, 0.15) is 40.9 Å². The number of hydrogen-bond acceptors (Lipinski definition) is 6. The van der Waals surface area contributed by atoms with Gasteiger partial charge in [-0.1, -0.05) is 0 Å². The van der Waals surface area contributed by atoms with Crippen LogP contribution in [0.25, 0.3) is 11.3 Å². The number of pyridine rings is 1. The number of aryl methyl sites for hydroxylation is 1. The summed E-state index contributed by atoms with van der Waals surface area (Å²) in [6.45, 7) is 2.76. The van der Waals surface area contributed by atoms with Crippen LogP contribution in [0.2, 0.25) is 0 Å². The molecule has 1 amide bonds. The number of phenolic OH excluding ortho intramolecular Hbond substituents is 1. The van der Waals surface area contributed by atoms with Crippen molar-refractivity contribution in [3.63, 3.8) is 0 Å². The lowest BCUT2D eigenvalue weighted by molar-refractivity contribution is 0.0164. The van der Waals surface area contributed by atoms with Crippen LogP contribution >= 0.6 is 0 Å². The number of carbonyl (C=O) groups is 1. The molecule has 0 saturated heterocycles. The van der Waals surface area contributed by atoms with E-state index in [-0.39, 0.29) is 29.4 Å². The number of aromatic nitrogens is 3. The zero-order valence-electron chi connectivity index (χ0n) is 20.1. The highest BCUT2D eigenvalue weighted by Crippen LogP contribution is 2.40. The molecular formula is C24H26F2N6O3. The van der Waals surface area contributed by atoms with Gasteiger partial charge < -0.3 is 15.2 Å². The number of phenols is 1. The maximum atomic E-state index is 14.3. The van der Waals surface area contributed by atoms with Crippen LogP contribution in [0.3, 0.4) is 0 Å². The fourth-order valence-corrected chi connectivity index (χ4v) is 4.28. The van der Waals surface area contributed by atoms with Crippen molar-refractivity contribution in [2.45, 2.75) is 26.3 Å². The molecule has 9 nitrogen and oxygen atoms in total. The second kappa shape index (κ2) is 8.97. The molecule has 0 aliphatic carbocycles. The lowest BCUT2D eigenvalue weighted by Crippen LogP contribution is -2.24. The van der Waals surface area contributed by atoms with Gasteiger partial charge in [-0.2, -0.15) is 10.1 Å². The van der Waals surface area contributed by atoms with E-state index >= 15 is 0 Å². The molecule has 1 aliphatic rings. The molecule has 0 radical (unpaired) electrons. The van der Waals surface area contributed by atoms with E-state index in [0.717, 1.165) is 18.6 Å². The zero-order chi connectivity index (χ0) is 25.5. The van der Waals surface area contributed by atoms with Gasteiger partial charge >= 0.3 is 0 Å². The molecular weight excluding hydrogens is 458 g/mol. The van der Waals surface area contributed by atoms with Gasteiger partial charge in [-0.15, -0.1) is 0 Å². The first kappa shape index (κ1) is 24.1. The Morgan fingerprint density at radius 2 is 2.06 bits per heavy atom. The van der Waals surface area contributed by atoms with Gasteiger partial charge in [-0.3, -0.25) is 19.4 Å². The molecule has 0 atom stereocenters. The SMILES string of the molecule is CCOc1cc(-c2c(C(=NC)NC)cnn2C)cc(N2Cc3c(cc(O)cc3C(C)(F)F)C2=O)n1. The molecule has 3 aromatic rings. The molecule has 1 aromatic carbocycles. The number of nitrogens with zero attached hydrogens (tertiary/aromatic N) is 5. The molecule has 3 heterocycles. The van der Waals surface area contributed by atoms with E-state index in [0.29, 0.717) is 23.7 Å². The highest BCUT2D eigenvalue weighted by atomic mass is 19.3. The van der Waals surface area contributed by atoms with Crippen LogP contribution < -0.4 is 15.0 Å². The summed E-state index contributed by atoms with van der Waals surface area (Å²) in [6, 6.07) is 5.60. The first-order chi connectivity index (χ1) is 16.6. The number of aliphatic imine (C=N–C) groups is 1. The van der Waals surface area contributed by atoms with Crippen molar-refractivity contribution in [3.05, 3.63) is 52.7 Å². The molecule has 0 saturated carbocycles. The summed E-state index contributed by atoms with van der Waals surface area (Å²) in [5.41, 5.74) is 1.86. The average Bonchev–Trinajstić information content (AvgIpc) is 3.34. The first-order valence-corrected chi connectivity index (χ1v) is 11.0. The first-order valence-electron chi connectivity index (χ1n) is 11.0. The van der Waals surface area contributed by atoms with Gasteiger partial charge in [0.25, 0.3) is 11.8 Å². The van der Waals surface area contributed by atoms with E-state index in [2.05, 4.69) is 20.4 Å². The Kier molecular flexibility index (Phi) is 6.18. The van der Waals surface area contributed by atoms with E-state index in [1.807, 2.05) is 6.92 Å². The van der Waals surface area contributed by atoms with Crippen molar-refractivity contribution in [2.75, 3.05) is 25.6 Å². The normalized spacial score (nSPS) is 13.9. The number of alkyl halides is 2. The fraction of sp³-hybridized carbons (Fsp3) is 0.333. The number of carbonyl (C=O) groups excluding carboxylic acids is 1. The summed E-state index contributed by atoms with van der Waals surface area (Å²) in [4.78, 5) is 23.3. The van der Waals surface area contributed by atoms with E-state index in [9.17, 15) is 18.7 Å². The van der Waals surface area contributed by atoms with Crippen molar-refractivity contribution in [3.8, 4) is 22.9 Å². The van der Waals surface area contributed by atoms with Gasteiger partial charge in [0.1, 0.15) is 17.4 Å². The summed E-state index contributed by atoms with van der Waals surface area (Å²) in [6.07, 6.45) is 1.67. The molecule has 0 unspecified atom stereocenters. The molecule has 11 heteroatoms. The molecule has 184 valence electrons. The Morgan fingerprint density at radius 3 is 2.69 bits per heavy atom. The lowest BCUT2D eigenvalue weighted by Gasteiger charge is -2.19. The molecule has 0 spiro atoms. The summed E-state index contributed by atoms with van der Waals surface area (Å²) in [5.74, 6) is -3.07. The van der Waals surface area contributed by atoms with Gasteiger partial charge in [0.15, 0.2) is 0 Å². The number of fused-ring (bicyclic) bond motifs is 1. The number of ether oxygens (including phenoxy) is 1. The van der Waals surface area contributed by atoms with Crippen LogP contribution in [0.5, 0.6) is 11.6 Å². The largest absolute Gasteiger partial charge is 0.508 e. The highest BCUT2D eigenvalue weighted by Gasteiger charge is 2.38. The highest BCUT2D eigenvalue weighted by molar-refractivity contribution is 6.10. The molecule has 1 aliphatic heterocycles. The Morgan fingerprint density at radius 1 is 1.31 bits per heavy atom. The van der Waals surface area contributed by atoms with E-state index < -0.39 is 23.1 Å². The zero-order valence-corrected chi connectivity index (χ0v) is 20.1. The molecule has 0 fully saturated rings. The summed E-state index contributed by atoms with van der Waals surface area (Å²) in [7, 11) is 5.18. The third kappa shape index (κ3) is 4.29. The summed E-state index contributed by atoms with van der Waals surface area (Å²) >= 11 is 0. The molecule has 2 aromatic heterocycles. The molecule has 0 bridgehead atoms. The van der Waals surface area contributed by atoms with Crippen LogP contribution in [0.15, 0.2) is 35.5 Å². The van der Waals surface area contributed by atoms with Crippen LogP contribution in [-0.2, 0) is 19.5 Å². The molecule has 2 N–H and O–H groups in total. The standard InChI is InChI=1S/C24H26F2N6O3/c1-6-35-20-8-13(21-16(11-29-31(21)5)22(27-3)28-4)7-19(30-20)32-12-17-15(23(32)34)9-14(33)10-18(17)24(2,25)26/h7-11,33H,6,12H2,1-5H3,(H,27,28). The third-order valence-electron chi connectivity index (χ3n) is 5.78. The van der Waals surface area contributed by atoms with Gasteiger partial charge in [0.2, 0.25) is 5.88 Å². The Bertz CT molecular complexity index is 1330. The van der Waals surface area contributed by atoms with Crippen LogP contribution in [0.4, 0.5) is 14.6 Å². The lowest BCUT2D eigenvalue weighted by atomic mass is 9.98. The minimum atomic E-state index is -3.24. The number of hydrogen-bond donors (Lipinski definition) is 2. The van der Waals surface area contributed by atoms with Crippen molar-refractivity contribution in [2.24, 2.45) is 12.0 Å². The smallest absolute Gasteiger partial charge is 0.271 e. The predicted octanol–water partition coefficient (Wildman–Crippen LogP) is 3.45. The number of benzene rings is 1. The Balaban J connectivity index is 1.86. The van der Waals surface area contributed by atoms with Crippen molar-refractivity contribution >= 4 is 17.6 Å². The number of halogens is 2. The van der Waals surface area contributed by atoms with Crippen LogP contribution in [0, 0.1) is 0 Å². The summed E-state index contributed by atoms with van der Waals surface area (Å²) < 4.78 is 35.9. The quantitative estimate of drug-likeness (QED) is 0.410. The number of aromatic hydroxyl groups is 1.